The van der Waals surface area contributed by atoms with Crippen LogP contribution in [0.15, 0.2) is 9.98 Å². The minimum Gasteiger partial charge on any atom is -0.382 e. The van der Waals surface area contributed by atoms with Gasteiger partial charge >= 0.3 is 0 Å². The zero-order chi connectivity index (χ0) is 12.5. The summed E-state index contributed by atoms with van der Waals surface area (Å²) >= 11 is 5.01. The lowest BCUT2D eigenvalue weighted by Crippen LogP contribution is -2.41. The molecule has 1 aliphatic rings. The first-order valence-electron chi connectivity index (χ1n) is 6.39. The van der Waals surface area contributed by atoms with Crippen LogP contribution in [-0.4, -0.2) is 10.1 Å². The normalized spacial score (nSPS) is 21.7. The molecule has 4 heteroatoms. The first kappa shape index (κ1) is 13.5. The van der Waals surface area contributed by atoms with E-state index in [-0.39, 0.29) is 5.92 Å². The number of thiazole rings is 1. The van der Waals surface area contributed by atoms with Crippen LogP contribution >= 0.6 is 27.3 Å². The van der Waals surface area contributed by atoms with Gasteiger partial charge in [-0.15, -0.1) is 11.3 Å². The Morgan fingerprint density at radius 3 is 2.53 bits per heavy atom. The summed E-state index contributed by atoms with van der Waals surface area (Å²) in [6.45, 7) is 4.20. The number of nitrogens with zero attached hydrogens (tertiary/aromatic N) is 1. The van der Waals surface area contributed by atoms with Crippen molar-refractivity contribution >= 4 is 27.3 Å². The van der Waals surface area contributed by atoms with E-state index in [0.29, 0.717) is 5.92 Å². The topological polar surface area (TPSA) is 33.1 Å². The first-order valence-corrected chi connectivity index (χ1v) is 8.00. The molecule has 2 nitrogen and oxygen atoms in total. The molecule has 1 unspecified atom stereocenters. The largest absolute Gasteiger partial charge is 0.382 e. The molecule has 1 fully saturated rings. The van der Waals surface area contributed by atoms with Crippen molar-refractivity contribution in [2.45, 2.75) is 51.6 Å². The van der Waals surface area contributed by atoms with Gasteiger partial charge in [0.05, 0.1) is 9.98 Å². The van der Waals surface area contributed by atoms with Crippen molar-refractivity contribution in [2.75, 3.05) is 0 Å². The Morgan fingerprint density at radius 2 is 2.06 bits per heavy atom. The SMILES string of the molecule is CC(C)C(O)(c1ncc(Br)s1)C1CCCCC1. The highest BCUT2D eigenvalue weighted by Crippen LogP contribution is 2.45. The average molecular weight is 318 g/mol. The molecule has 96 valence electrons. The second-order valence-electron chi connectivity index (χ2n) is 5.28. The first-order chi connectivity index (χ1) is 8.05. The van der Waals surface area contributed by atoms with Crippen LogP contribution in [0.5, 0.6) is 0 Å². The number of halogens is 1. The summed E-state index contributed by atoms with van der Waals surface area (Å²) in [5.74, 6) is 0.581. The molecule has 1 aliphatic carbocycles. The van der Waals surface area contributed by atoms with E-state index in [1.807, 2.05) is 0 Å². The fourth-order valence-corrected chi connectivity index (χ4v) is 4.40. The second-order valence-corrected chi connectivity index (χ2v) is 7.69. The molecule has 0 bridgehead atoms. The molecule has 17 heavy (non-hydrogen) atoms. The highest BCUT2D eigenvalue weighted by atomic mass is 79.9. The third-order valence-corrected chi connectivity index (χ3v) is 5.54. The zero-order valence-corrected chi connectivity index (χ0v) is 12.9. The van der Waals surface area contributed by atoms with Gasteiger partial charge in [0.1, 0.15) is 10.6 Å². The van der Waals surface area contributed by atoms with E-state index in [1.54, 1.807) is 17.5 Å². The Morgan fingerprint density at radius 1 is 1.41 bits per heavy atom. The van der Waals surface area contributed by atoms with Crippen molar-refractivity contribution in [1.29, 1.82) is 0 Å². The van der Waals surface area contributed by atoms with Crippen molar-refractivity contribution in [2.24, 2.45) is 11.8 Å². The van der Waals surface area contributed by atoms with E-state index in [2.05, 4.69) is 34.8 Å². The monoisotopic (exact) mass is 317 g/mol. The smallest absolute Gasteiger partial charge is 0.126 e. The van der Waals surface area contributed by atoms with Gasteiger partial charge in [0.25, 0.3) is 0 Å². The van der Waals surface area contributed by atoms with E-state index in [1.165, 1.54) is 19.3 Å². The molecule has 1 heterocycles. The van der Waals surface area contributed by atoms with Crippen molar-refractivity contribution in [3.05, 3.63) is 15.0 Å². The molecule has 0 spiro atoms. The fraction of sp³-hybridized carbons (Fsp3) is 0.769. The summed E-state index contributed by atoms with van der Waals surface area (Å²) in [5, 5.41) is 12.0. The van der Waals surface area contributed by atoms with Crippen LogP contribution in [0.25, 0.3) is 0 Å². The van der Waals surface area contributed by atoms with Gasteiger partial charge in [-0.1, -0.05) is 33.1 Å². The standard InChI is InChI=1S/C13H20BrNOS/c1-9(2)13(16,10-6-4-3-5-7-10)12-15-8-11(14)17-12/h8-10,16H,3-7H2,1-2H3. The van der Waals surface area contributed by atoms with Crippen molar-refractivity contribution in [1.82, 2.24) is 4.98 Å². The molecule has 1 aromatic heterocycles. The summed E-state index contributed by atoms with van der Waals surface area (Å²) in [7, 11) is 0. The van der Waals surface area contributed by atoms with E-state index in [9.17, 15) is 5.11 Å². The van der Waals surface area contributed by atoms with Crippen molar-refractivity contribution < 1.29 is 5.11 Å². The molecule has 0 radical (unpaired) electrons. The maximum atomic E-state index is 11.1. The van der Waals surface area contributed by atoms with E-state index >= 15 is 0 Å². The van der Waals surface area contributed by atoms with Crippen LogP contribution in [0.3, 0.4) is 0 Å². The zero-order valence-electron chi connectivity index (χ0n) is 10.4. The lowest BCUT2D eigenvalue weighted by atomic mass is 9.72. The molecular formula is C13H20BrNOS. The maximum absolute atomic E-state index is 11.1. The second kappa shape index (κ2) is 5.37. The average Bonchev–Trinajstić information content (AvgIpc) is 2.76. The van der Waals surface area contributed by atoms with Gasteiger partial charge in [0.2, 0.25) is 0 Å². The lowest BCUT2D eigenvalue weighted by molar-refractivity contribution is -0.0775. The number of rotatable bonds is 3. The maximum Gasteiger partial charge on any atom is 0.126 e. The third kappa shape index (κ3) is 2.59. The van der Waals surface area contributed by atoms with E-state index < -0.39 is 5.60 Å². The van der Waals surface area contributed by atoms with Gasteiger partial charge in [-0.3, -0.25) is 0 Å². The summed E-state index contributed by atoms with van der Waals surface area (Å²) in [4.78, 5) is 4.41. The summed E-state index contributed by atoms with van der Waals surface area (Å²) in [6, 6.07) is 0. The number of aromatic nitrogens is 1. The highest BCUT2D eigenvalue weighted by molar-refractivity contribution is 9.11. The number of aliphatic hydroxyl groups is 1. The Hall–Kier alpha value is 0.0700. The predicted octanol–water partition coefficient (Wildman–Crippen LogP) is 4.33. The van der Waals surface area contributed by atoms with Crippen LogP contribution < -0.4 is 0 Å². The molecule has 0 aromatic carbocycles. The minimum absolute atomic E-state index is 0.212. The van der Waals surface area contributed by atoms with Gasteiger partial charge in [-0.05, 0) is 40.6 Å². The van der Waals surface area contributed by atoms with Crippen LogP contribution in [-0.2, 0) is 5.60 Å². The molecule has 1 aromatic rings. The van der Waals surface area contributed by atoms with Gasteiger partial charge in [0, 0.05) is 0 Å². The number of hydrogen-bond donors (Lipinski definition) is 1. The van der Waals surface area contributed by atoms with Crippen LogP contribution in [0.4, 0.5) is 0 Å². The van der Waals surface area contributed by atoms with Gasteiger partial charge < -0.3 is 5.11 Å². The molecule has 0 aliphatic heterocycles. The van der Waals surface area contributed by atoms with Gasteiger partial charge in [0.15, 0.2) is 0 Å². The number of hydrogen-bond acceptors (Lipinski definition) is 3. The van der Waals surface area contributed by atoms with Gasteiger partial charge in [-0.2, -0.15) is 0 Å². The van der Waals surface area contributed by atoms with Crippen LogP contribution in [0.2, 0.25) is 0 Å². The van der Waals surface area contributed by atoms with E-state index in [0.717, 1.165) is 21.6 Å². The molecule has 1 saturated carbocycles. The quantitative estimate of drug-likeness (QED) is 0.900. The summed E-state index contributed by atoms with van der Waals surface area (Å²) in [5.41, 5.74) is -0.739. The van der Waals surface area contributed by atoms with Crippen LogP contribution in [0, 0.1) is 11.8 Å². The lowest BCUT2D eigenvalue weighted by Gasteiger charge is -2.40. The van der Waals surface area contributed by atoms with E-state index in [4.69, 9.17) is 0 Å². The van der Waals surface area contributed by atoms with Gasteiger partial charge in [-0.25, -0.2) is 4.98 Å². The van der Waals surface area contributed by atoms with Crippen LogP contribution in [0.1, 0.15) is 51.0 Å². The Balaban J connectivity index is 2.31. The molecule has 0 saturated heterocycles. The Bertz CT molecular complexity index is 373. The fourth-order valence-electron chi connectivity index (χ4n) is 2.88. The third-order valence-electron chi connectivity index (χ3n) is 3.93. The summed E-state index contributed by atoms with van der Waals surface area (Å²) in [6.07, 6.45) is 7.86. The molecule has 1 atom stereocenters. The molecule has 1 N–H and O–H groups in total. The Kier molecular flexibility index (Phi) is 4.26. The highest BCUT2D eigenvalue weighted by Gasteiger charge is 2.43. The molecule has 2 rings (SSSR count). The minimum atomic E-state index is -0.739. The van der Waals surface area contributed by atoms with Crippen molar-refractivity contribution in [3.63, 3.8) is 0 Å². The molecular weight excluding hydrogens is 298 g/mol. The molecule has 0 amide bonds. The Labute approximate surface area is 116 Å². The van der Waals surface area contributed by atoms with Crippen molar-refractivity contribution in [3.8, 4) is 0 Å². The summed E-state index contributed by atoms with van der Waals surface area (Å²) < 4.78 is 1.00. The predicted molar refractivity (Wildman–Crippen MR) is 75.1 cm³/mol.